The molecule has 0 radical (unpaired) electrons. The Morgan fingerprint density at radius 1 is 1.53 bits per heavy atom. The van der Waals surface area contributed by atoms with E-state index in [1.165, 1.54) is 19.2 Å². The molecule has 0 bridgehead atoms. The predicted octanol–water partition coefficient (Wildman–Crippen LogP) is 2.15. The molecule has 0 spiro atoms. The normalized spacial score (nSPS) is 13.3. The van der Waals surface area contributed by atoms with Gasteiger partial charge in [0.05, 0.1) is 17.4 Å². The lowest BCUT2D eigenvalue weighted by Gasteiger charge is -2.23. The van der Waals surface area contributed by atoms with Crippen LogP contribution in [0.5, 0.6) is 0 Å². The van der Waals surface area contributed by atoms with E-state index in [-0.39, 0.29) is 16.3 Å². The molecule has 0 aliphatic rings. The number of rotatable bonds is 4. The number of anilines is 1. The number of nitrogens with zero attached hydrogens (tertiary/aromatic N) is 2. The van der Waals surface area contributed by atoms with Crippen LogP contribution in [0, 0.1) is 18.3 Å². The molecule has 1 unspecified atom stereocenters. The van der Waals surface area contributed by atoms with Gasteiger partial charge in [-0.15, -0.1) is 0 Å². The van der Waals surface area contributed by atoms with Crippen LogP contribution in [0.4, 0.5) is 5.69 Å². The van der Waals surface area contributed by atoms with Crippen LogP contribution in [0.1, 0.15) is 18.9 Å². The van der Waals surface area contributed by atoms with Crippen molar-refractivity contribution in [3.63, 3.8) is 0 Å². The van der Waals surface area contributed by atoms with Crippen molar-refractivity contribution in [2.45, 2.75) is 31.2 Å². The van der Waals surface area contributed by atoms with Crippen molar-refractivity contribution in [1.82, 2.24) is 4.31 Å². The first kappa shape index (κ1) is 15.8. The van der Waals surface area contributed by atoms with Crippen molar-refractivity contribution in [1.29, 1.82) is 5.26 Å². The highest BCUT2D eigenvalue weighted by Crippen LogP contribution is 2.28. The van der Waals surface area contributed by atoms with Gasteiger partial charge >= 0.3 is 0 Å². The van der Waals surface area contributed by atoms with Crippen molar-refractivity contribution in [2.75, 3.05) is 12.8 Å². The summed E-state index contributed by atoms with van der Waals surface area (Å²) in [5.41, 5.74) is 6.52. The second kappa shape index (κ2) is 5.78. The highest BCUT2D eigenvalue weighted by Gasteiger charge is 2.27. The molecule has 5 nitrogen and oxygen atoms in total. The molecule has 104 valence electrons. The molecule has 1 aromatic rings. The average Bonchev–Trinajstić information content (AvgIpc) is 2.32. The lowest BCUT2D eigenvalue weighted by atomic mass is 10.2. The second-order valence-electron chi connectivity index (χ2n) is 4.35. The number of benzene rings is 1. The Morgan fingerprint density at radius 3 is 2.63 bits per heavy atom. The van der Waals surface area contributed by atoms with Crippen molar-refractivity contribution >= 4 is 27.3 Å². The Labute approximate surface area is 118 Å². The maximum atomic E-state index is 12.5. The van der Waals surface area contributed by atoms with Gasteiger partial charge in [-0.25, -0.2) is 8.42 Å². The quantitative estimate of drug-likeness (QED) is 0.863. The number of hydrogen-bond acceptors (Lipinski definition) is 4. The maximum Gasteiger partial charge on any atom is 0.243 e. The third-order valence-electron chi connectivity index (χ3n) is 3.03. The average molecular weight is 302 g/mol. The molecule has 0 aliphatic carbocycles. The summed E-state index contributed by atoms with van der Waals surface area (Å²) in [4.78, 5) is 0.0739. The maximum absolute atomic E-state index is 12.5. The fourth-order valence-corrected chi connectivity index (χ4v) is 3.53. The minimum atomic E-state index is -3.72. The van der Waals surface area contributed by atoms with Gasteiger partial charge in [0.1, 0.15) is 0 Å². The van der Waals surface area contributed by atoms with Crippen LogP contribution >= 0.6 is 11.6 Å². The third kappa shape index (κ3) is 3.18. The van der Waals surface area contributed by atoms with Gasteiger partial charge in [0.2, 0.25) is 10.0 Å². The zero-order valence-electron chi connectivity index (χ0n) is 11.0. The Hall–Kier alpha value is -1.29. The van der Waals surface area contributed by atoms with Crippen LogP contribution in [0.2, 0.25) is 5.02 Å². The Morgan fingerprint density at radius 2 is 2.11 bits per heavy atom. The first-order chi connectivity index (χ1) is 8.71. The molecule has 19 heavy (non-hydrogen) atoms. The van der Waals surface area contributed by atoms with Gasteiger partial charge in [-0.05, 0) is 31.5 Å². The summed E-state index contributed by atoms with van der Waals surface area (Å²) in [5, 5.41) is 8.92. The van der Waals surface area contributed by atoms with E-state index in [4.69, 9.17) is 22.6 Å². The molecule has 0 fully saturated rings. The molecule has 0 amide bonds. The first-order valence-corrected chi connectivity index (χ1v) is 7.44. The Bertz CT molecular complexity index is 623. The molecule has 0 saturated heterocycles. The first-order valence-electron chi connectivity index (χ1n) is 5.62. The van der Waals surface area contributed by atoms with Crippen molar-refractivity contribution in [3.8, 4) is 6.07 Å². The summed E-state index contributed by atoms with van der Waals surface area (Å²) < 4.78 is 26.1. The van der Waals surface area contributed by atoms with E-state index in [0.29, 0.717) is 11.3 Å². The standard InChI is InChI=1S/C12H16ClN3O2S/c1-8(4-5-14)16(3)19(17,18)12-7-10(13)6-11(15)9(12)2/h6-8H,4,15H2,1-3H3. The minimum absolute atomic E-state index is 0.0739. The molecule has 7 heteroatoms. The third-order valence-corrected chi connectivity index (χ3v) is 5.35. The zero-order chi connectivity index (χ0) is 14.8. The van der Waals surface area contributed by atoms with E-state index in [9.17, 15) is 8.42 Å². The van der Waals surface area contributed by atoms with Gasteiger partial charge in [0.15, 0.2) is 0 Å². The Kier molecular flexibility index (Phi) is 4.80. The molecule has 1 atom stereocenters. The van der Waals surface area contributed by atoms with Gasteiger partial charge in [0.25, 0.3) is 0 Å². The van der Waals surface area contributed by atoms with Gasteiger partial charge in [-0.3, -0.25) is 0 Å². The largest absolute Gasteiger partial charge is 0.398 e. The molecule has 2 N–H and O–H groups in total. The van der Waals surface area contributed by atoms with Gasteiger partial charge < -0.3 is 5.73 Å². The predicted molar refractivity (Wildman–Crippen MR) is 75.2 cm³/mol. The molecule has 0 aromatic heterocycles. The summed E-state index contributed by atoms with van der Waals surface area (Å²) in [7, 11) is -2.28. The molecular formula is C12H16ClN3O2S. The van der Waals surface area contributed by atoms with Crippen LogP contribution in [0.15, 0.2) is 17.0 Å². The van der Waals surface area contributed by atoms with Crippen LogP contribution in [-0.2, 0) is 10.0 Å². The fraction of sp³-hybridized carbons (Fsp3) is 0.417. The van der Waals surface area contributed by atoms with Crippen molar-refractivity contribution < 1.29 is 8.42 Å². The molecule has 0 saturated carbocycles. The van der Waals surface area contributed by atoms with Crippen molar-refractivity contribution in [3.05, 3.63) is 22.7 Å². The topological polar surface area (TPSA) is 87.2 Å². The van der Waals surface area contributed by atoms with Crippen molar-refractivity contribution in [2.24, 2.45) is 0 Å². The summed E-state index contributed by atoms with van der Waals surface area (Å²) in [6.07, 6.45) is 0.116. The number of hydrogen-bond donors (Lipinski definition) is 1. The number of nitrogens with two attached hydrogens (primary N) is 1. The summed E-state index contributed by atoms with van der Waals surface area (Å²) in [6, 6.07) is 4.41. The smallest absolute Gasteiger partial charge is 0.243 e. The van der Waals surface area contributed by atoms with E-state index in [2.05, 4.69) is 0 Å². The van der Waals surface area contributed by atoms with Crippen LogP contribution in [-0.4, -0.2) is 25.8 Å². The summed E-state index contributed by atoms with van der Waals surface area (Å²) in [5.74, 6) is 0. The molecule has 1 aromatic carbocycles. The number of nitriles is 1. The van der Waals surface area contributed by atoms with E-state index >= 15 is 0 Å². The zero-order valence-corrected chi connectivity index (χ0v) is 12.6. The number of sulfonamides is 1. The second-order valence-corrected chi connectivity index (χ2v) is 6.75. The lowest BCUT2D eigenvalue weighted by molar-refractivity contribution is 0.393. The Balaban J connectivity index is 3.33. The van der Waals surface area contributed by atoms with E-state index < -0.39 is 16.1 Å². The van der Waals surface area contributed by atoms with E-state index in [0.717, 1.165) is 4.31 Å². The molecule has 0 heterocycles. The number of nitrogen functional groups attached to an aromatic ring is 1. The SMILES string of the molecule is Cc1c(N)cc(Cl)cc1S(=O)(=O)N(C)C(C)CC#N. The lowest BCUT2D eigenvalue weighted by Crippen LogP contribution is -2.35. The molecule has 1 rings (SSSR count). The highest BCUT2D eigenvalue weighted by molar-refractivity contribution is 7.89. The van der Waals surface area contributed by atoms with Gasteiger partial charge in [0, 0.05) is 23.8 Å². The highest BCUT2D eigenvalue weighted by atomic mass is 35.5. The molecular weight excluding hydrogens is 286 g/mol. The molecule has 0 aliphatic heterocycles. The van der Waals surface area contributed by atoms with Crippen LogP contribution in [0.25, 0.3) is 0 Å². The fourth-order valence-electron chi connectivity index (χ4n) is 1.59. The van der Waals surface area contributed by atoms with Gasteiger partial charge in [-0.1, -0.05) is 11.6 Å². The van der Waals surface area contributed by atoms with E-state index in [1.807, 2.05) is 6.07 Å². The van der Waals surface area contributed by atoms with Gasteiger partial charge in [-0.2, -0.15) is 9.57 Å². The number of halogens is 1. The van der Waals surface area contributed by atoms with E-state index in [1.54, 1.807) is 13.8 Å². The van der Waals surface area contributed by atoms with Crippen LogP contribution < -0.4 is 5.73 Å². The monoisotopic (exact) mass is 301 g/mol. The summed E-state index contributed by atoms with van der Waals surface area (Å²) >= 11 is 5.86. The minimum Gasteiger partial charge on any atom is -0.398 e. The summed E-state index contributed by atoms with van der Waals surface area (Å²) in [6.45, 7) is 3.30. The van der Waals surface area contributed by atoms with Crippen LogP contribution in [0.3, 0.4) is 0 Å².